The molecule has 0 amide bonds. The van der Waals surface area contributed by atoms with Gasteiger partial charge < -0.3 is 29.9 Å². The fourth-order valence-electron chi connectivity index (χ4n) is 14.4. The van der Waals surface area contributed by atoms with Crippen molar-refractivity contribution in [3.8, 4) is 0 Å². The summed E-state index contributed by atoms with van der Waals surface area (Å²) < 4.78 is 12.0. The molecule has 19 atom stereocenters. The average molecular weight is 677 g/mol. The van der Waals surface area contributed by atoms with E-state index in [-0.39, 0.29) is 64.0 Å². The molecule has 0 heterocycles. The molecular formula is C42H76O6. The third-order valence-corrected chi connectivity index (χ3v) is 16.7. The summed E-state index contributed by atoms with van der Waals surface area (Å²) in [6.45, 7) is 23.0. The summed E-state index contributed by atoms with van der Waals surface area (Å²) in [6.07, 6.45) is 9.25. The maximum Gasteiger partial charge on any atom is 0.157 e. The molecule has 6 nitrogen and oxygen atoms in total. The minimum atomic E-state index is -0.688. The Morgan fingerprint density at radius 3 is 2.15 bits per heavy atom. The summed E-state index contributed by atoms with van der Waals surface area (Å²) >= 11 is 0. The highest BCUT2D eigenvalue weighted by molar-refractivity contribution is 5.19. The molecule has 280 valence electrons. The summed E-state index contributed by atoms with van der Waals surface area (Å²) in [5, 5.41) is 46.4. The van der Waals surface area contributed by atoms with Crippen LogP contribution in [0.3, 0.4) is 0 Å². The molecule has 0 spiro atoms. The van der Waals surface area contributed by atoms with Gasteiger partial charge in [-0.25, -0.2) is 0 Å². The normalized spacial score (nSPS) is 51.4. The molecule has 0 aromatic heterocycles. The van der Waals surface area contributed by atoms with Crippen LogP contribution < -0.4 is 0 Å². The first-order valence-corrected chi connectivity index (χ1v) is 20.3. The predicted octanol–water partition coefficient (Wildman–Crippen LogP) is 7.94. The number of methoxy groups -OCH3 is 1. The molecule has 5 saturated carbocycles. The number of hydrogen-bond donors (Lipinski definition) is 4. The lowest BCUT2D eigenvalue weighted by Gasteiger charge is -2.72. The van der Waals surface area contributed by atoms with E-state index in [2.05, 4.69) is 55.4 Å². The molecule has 0 radical (unpaired) electrons. The average Bonchev–Trinajstić information content (AvgIpc) is 2.98. The Morgan fingerprint density at radius 1 is 0.854 bits per heavy atom. The van der Waals surface area contributed by atoms with Gasteiger partial charge in [0.2, 0.25) is 0 Å². The molecule has 6 heteroatoms. The quantitative estimate of drug-likeness (QED) is 0.175. The first kappa shape index (κ1) is 39.0. The summed E-state index contributed by atoms with van der Waals surface area (Å²) in [5.41, 5.74) is -0.427. The first-order chi connectivity index (χ1) is 22.5. The highest BCUT2D eigenvalue weighted by atomic mass is 16.6. The fraction of sp³-hybridized carbons (Fsp3) is 1.00. The zero-order valence-corrected chi connectivity index (χ0v) is 32.7. The lowest BCUT2D eigenvalue weighted by Crippen LogP contribution is -2.70. The number of aliphatic hydroxyl groups is 4. The van der Waals surface area contributed by atoms with E-state index in [0.717, 1.165) is 44.9 Å². The van der Waals surface area contributed by atoms with Crippen LogP contribution in [0.15, 0.2) is 0 Å². The van der Waals surface area contributed by atoms with E-state index in [9.17, 15) is 20.4 Å². The van der Waals surface area contributed by atoms with E-state index in [1.807, 2.05) is 21.0 Å². The van der Waals surface area contributed by atoms with E-state index >= 15 is 0 Å². The Morgan fingerprint density at radius 2 is 1.54 bits per heavy atom. The minimum Gasteiger partial charge on any atom is -0.393 e. The van der Waals surface area contributed by atoms with Crippen molar-refractivity contribution in [1.82, 2.24) is 0 Å². The molecule has 0 aromatic carbocycles. The Bertz CT molecular complexity index is 1060. The number of ether oxygens (including phenoxy) is 2. The van der Waals surface area contributed by atoms with Crippen molar-refractivity contribution in [2.24, 2.45) is 87.3 Å². The minimum absolute atomic E-state index is 0.00276. The molecule has 4 N–H and O–H groups in total. The van der Waals surface area contributed by atoms with E-state index in [4.69, 9.17) is 9.47 Å². The van der Waals surface area contributed by atoms with Crippen molar-refractivity contribution in [2.45, 2.75) is 164 Å². The SMILES string of the molecule is CCOC(O)C(CCC1CCC(OC)C(C2CCC(C)C3C(O)C4C(C)C5(C)C(O)C(C(C)O)C(C)CC5(C)CC4(C)CC23)C1)C(C)C. The molecule has 5 rings (SSSR count). The van der Waals surface area contributed by atoms with Gasteiger partial charge in [-0.2, -0.15) is 0 Å². The Kier molecular flexibility index (Phi) is 11.9. The lowest BCUT2D eigenvalue weighted by atomic mass is 9.34. The Balaban J connectivity index is 1.41. The molecule has 0 aromatic rings. The van der Waals surface area contributed by atoms with Crippen molar-refractivity contribution in [2.75, 3.05) is 13.7 Å². The second kappa shape index (κ2) is 14.6. The molecule has 5 aliphatic rings. The zero-order valence-electron chi connectivity index (χ0n) is 32.7. The maximum absolute atomic E-state index is 12.7. The second-order valence-corrected chi connectivity index (χ2v) is 19.5. The van der Waals surface area contributed by atoms with Gasteiger partial charge in [-0.05, 0) is 142 Å². The summed E-state index contributed by atoms with van der Waals surface area (Å²) in [6, 6.07) is 0. The van der Waals surface area contributed by atoms with Crippen molar-refractivity contribution in [3.63, 3.8) is 0 Å². The highest BCUT2D eigenvalue weighted by Crippen LogP contribution is 2.73. The molecule has 48 heavy (non-hydrogen) atoms. The Hall–Kier alpha value is -0.240. The summed E-state index contributed by atoms with van der Waals surface area (Å²) in [5.74, 6) is 3.85. The fourth-order valence-corrected chi connectivity index (χ4v) is 14.4. The van der Waals surface area contributed by atoms with Crippen LogP contribution in [0.1, 0.15) is 133 Å². The van der Waals surface area contributed by atoms with Crippen LogP contribution in [0.5, 0.6) is 0 Å². The summed E-state index contributed by atoms with van der Waals surface area (Å²) in [4.78, 5) is 0. The summed E-state index contributed by atoms with van der Waals surface area (Å²) in [7, 11) is 1.92. The van der Waals surface area contributed by atoms with E-state index in [0.29, 0.717) is 42.1 Å². The van der Waals surface area contributed by atoms with Crippen LogP contribution in [0, 0.1) is 87.3 Å². The van der Waals surface area contributed by atoms with Crippen molar-refractivity contribution in [1.29, 1.82) is 0 Å². The van der Waals surface area contributed by atoms with Crippen molar-refractivity contribution in [3.05, 3.63) is 0 Å². The van der Waals surface area contributed by atoms with E-state index in [1.165, 1.54) is 19.3 Å². The molecule has 0 bridgehead atoms. The zero-order chi connectivity index (χ0) is 35.5. The number of rotatable bonds is 10. The van der Waals surface area contributed by atoms with Crippen LogP contribution in [-0.4, -0.2) is 64.8 Å². The third-order valence-electron chi connectivity index (χ3n) is 16.7. The number of aliphatic hydroxyl groups excluding tert-OH is 4. The van der Waals surface area contributed by atoms with E-state index in [1.54, 1.807) is 0 Å². The molecule has 5 aliphatic carbocycles. The highest BCUT2D eigenvalue weighted by Gasteiger charge is 2.70. The van der Waals surface area contributed by atoms with Gasteiger partial charge in [-0.3, -0.25) is 0 Å². The van der Waals surface area contributed by atoms with Gasteiger partial charge in [-0.1, -0.05) is 61.8 Å². The standard InChI is InChI=1S/C42H76O6/c1-12-48-39(46)29(23(2)3)17-14-28-15-18-33(47-11)31(19-28)30-16-13-24(4)35-32(30)21-40(8)22-41(9)20-25(5)34(27(7)43)38(45)42(41,10)26(6)36(40)37(35)44/h23-39,43-46H,12-22H2,1-11H3. The van der Waals surface area contributed by atoms with Gasteiger partial charge in [-0.15, -0.1) is 0 Å². The van der Waals surface area contributed by atoms with Crippen molar-refractivity contribution >= 4 is 0 Å². The van der Waals surface area contributed by atoms with Gasteiger partial charge in [0, 0.05) is 31.0 Å². The Labute approximate surface area is 294 Å². The van der Waals surface area contributed by atoms with Gasteiger partial charge in [0.15, 0.2) is 6.29 Å². The predicted molar refractivity (Wildman–Crippen MR) is 193 cm³/mol. The first-order valence-electron chi connectivity index (χ1n) is 20.3. The molecule has 0 aliphatic heterocycles. The third kappa shape index (κ3) is 6.50. The molecular weight excluding hydrogens is 600 g/mol. The smallest absolute Gasteiger partial charge is 0.157 e. The van der Waals surface area contributed by atoms with Crippen LogP contribution in [0.25, 0.3) is 0 Å². The van der Waals surface area contributed by atoms with Gasteiger partial charge in [0.1, 0.15) is 0 Å². The van der Waals surface area contributed by atoms with Crippen LogP contribution in [0.4, 0.5) is 0 Å². The van der Waals surface area contributed by atoms with E-state index < -0.39 is 18.5 Å². The molecule has 0 saturated heterocycles. The number of fused-ring (bicyclic) bond motifs is 3. The van der Waals surface area contributed by atoms with Gasteiger partial charge >= 0.3 is 0 Å². The van der Waals surface area contributed by atoms with Crippen molar-refractivity contribution < 1.29 is 29.9 Å². The molecule has 19 unspecified atom stereocenters. The van der Waals surface area contributed by atoms with Gasteiger partial charge in [0.25, 0.3) is 0 Å². The largest absolute Gasteiger partial charge is 0.393 e. The van der Waals surface area contributed by atoms with Crippen LogP contribution in [0.2, 0.25) is 0 Å². The van der Waals surface area contributed by atoms with Crippen LogP contribution in [-0.2, 0) is 9.47 Å². The molecule has 5 fully saturated rings. The maximum atomic E-state index is 12.7. The lowest BCUT2D eigenvalue weighted by molar-refractivity contribution is -0.281. The van der Waals surface area contributed by atoms with Crippen LogP contribution >= 0.6 is 0 Å². The number of hydrogen-bond acceptors (Lipinski definition) is 6. The van der Waals surface area contributed by atoms with Gasteiger partial charge in [0.05, 0.1) is 24.4 Å². The monoisotopic (exact) mass is 677 g/mol. The topological polar surface area (TPSA) is 99.4 Å². The second-order valence-electron chi connectivity index (χ2n) is 19.5.